The Labute approximate surface area is 129 Å². The van der Waals surface area contributed by atoms with Crippen LogP contribution in [-0.2, 0) is 20.0 Å². The Morgan fingerprint density at radius 3 is 2.62 bits per heavy atom. The third-order valence-electron chi connectivity index (χ3n) is 3.71. The number of hydrogen-bond acceptors (Lipinski definition) is 2. The predicted molar refractivity (Wildman–Crippen MR) is 88.9 cm³/mol. The number of rotatable bonds is 4. The van der Waals surface area contributed by atoms with Gasteiger partial charge in [0.1, 0.15) is 0 Å². The van der Waals surface area contributed by atoms with Gasteiger partial charge in [-0.1, -0.05) is 48.9 Å². The van der Waals surface area contributed by atoms with Gasteiger partial charge in [0.05, 0.1) is 23.0 Å². The smallest absolute Gasteiger partial charge is 0.0868 e. The van der Waals surface area contributed by atoms with Crippen molar-refractivity contribution in [2.75, 3.05) is 5.32 Å². The van der Waals surface area contributed by atoms with E-state index in [1.807, 2.05) is 11.7 Å². The average Bonchev–Trinajstić information content (AvgIpc) is 2.79. The van der Waals surface area contributed by atoms with Gasteiger partial charge in [-0.2, -0.15) is 5.10 Å². The van der Waals surface area contributed by atoms with Crippen molar-refractivity contribution in [1.29, 1.82) is 0 Å². The van der Waals surface area contributed by atoms with Gasteiger partial charge in [0, 0.05) is 12.7 Å². The molecule has 0 bridgehead atoms. The van der Waals surface area contributed by atoms with Crippen molar-refractivity contribution in [3.05, 3.63) is 58.9 Å². The molecule has 0 spiro atoms. The highest BCUT2D eigenvalue weighted by molar-refractivity contribution is 6.31. The second-order valence-electron chi connectivity index (χ2n) is 5.10. The van der Waals surface area contributed by atoms with Gasteiger partial charge in [-0.3, -0.25) is 4.68 Å². The minimum Gasteiger partial charge on any atom is -0.379 e. The fraction of sp³-hybridized carbons (Fsp3) is 0.235. The number of anilines is 1. The fourth-order valence-electron chi connectivity index (χ4n) is 2.50. The molecule has 3 nitrogen and oxygen atoms in total. The Morgan fingerprint density at radius 1 is 1.14 bits per heavy atom. The van der Waals surface area contributed by atoms with Gasteiger partial charge in [-0.25, -0.2) is 0 Å². The van der Waals surface area contributed by atoms with Gasteiger partial charge in [0.25, 0.3) is 0 Å². The molecule has 0 radical (unpaired) electrons. The topological polar surface area (TPSA) is 29.9 Å². The van der Waals surface area contributed by atoms with Crippen molar-refractivity contribution in [2.45, 2.75) is 19.9 Å². The first-order chi connectivity index (χ1) is 10.2. The minimum absolute atomic E-state index is 0.667. The summed E-state index contributed by atoms with van der Waals surface area (Å²) in [4.78, 5) is 0. The van der Waals surface area contributed by atoms with Gasteiger partial charge in [0.2, 0.25) is 0 Å². The maximum atomic E-state index is 6.37. The summed E-state index contributed by atoms with van der Waals surface area (Å²) in [5.74, 6) is 0. The molecule has 108 valence electrons. The first kappa shape index (κ1) is 14.0. The van der Waals surface area contributed by atoms with Crippen LogP contribution in [-0.4, -0.2) is 9.78 Å². The van der Waals surface area contributed by atoms with E-state index in [1.165, 1.54) is 10.8 Å². The molecule has 0 amide bonds. The second kappa shape index (κ2) is 5.78. The molecule has 0 aliphatic rings. The molecule has 0 fully saturated rings. The van der Waals surface area contributed by atoms with E-state index >= 15 is 0 Å². The van der Waals surface area contributed by atoms with Gasteiger partial charge in [0.15, 0.2) is 0 Å². The van der Waals surface area contributed by atoms with E-state index in [2.05, 4.69) is 59.8 Å². The van der Waals surface area contributed by atoms with Gasteiger partial charge >= 0.3 is 0 Å². The predicted octanol–water partition coefficient (Wildman–Crippen LogP) is 4.40. The summed E-state index contributed by atoms with van der Waals surface area (Å²) < 4.78 is 1.86. The highest BCUT2D eigenvalue weighted by Gasteiger charge is 2.12. The standard InChI is InChI=1S/C17H18ClN3/c1-3-15-17(18)16(21(2)20-15)11-19-14-9-8-12-6-4-5-7-13(12)10-14/h4-10,19H,3,11H2,1-2H3. The number of hydrogen-bond donors (Lipinski definition) is 1. The Hall–Kier alpha value is -2.00. The highest BCUT2D eigenvalue weighted by atomic mass is 35.5. The molecule has 1 heterocycles. The Morgan fingerprint density at radius 2 is 1.90 bits per heavy atom. The van der Waals surface area contributed by atoms with Crippen LogP contribution in [0.4, 0.5) is 5.69 Å². The van der Waals surface area contributed by atoms with Gasteiger partial charge in [-0.15, -0.1) is 0 Å². The lowest BCUT2D eigenvalue weighted by atomic mass is 10.1. The molecule has 2 aromatic carbocycles. The Balaban J connectivity index is 1.81. The van der Waals surface area contributed by atoms with Crippen molar-refractivity contribution in [2.24, 2.45) is 7.05 Å². The third-order valence-corrected chi connectivity index (χ3v) is 4.15. The lowest BCUT2D eigenvalue weighted by Gasteiger charge is -2.08. The van der Waals surface area contributed by atoms with Crippen molar-refractivity contribution in [1.82, 2.24) is 9.78 Å². The molecule has 0 atom stereocenters. The van der Waals surface area contributed by atoms with Crippen LogP contribution in [0.2, 0.25) is 5.02 Å². The van der Waals surface area contributed by atoms with Crippen molar-refractivity contribution >= 4 is 28.1 Å². The normalized spacial score (nSPS) is 11.0. The summed E-state index contributed by atoms with van der Waals surface area (Å²) in [6, 6.07) is 14.7. The Kier molecular flexibility index (Phi) is 3.84. The fourth-order valence-corrected chi connectivity index (χ4v) is 2.86. The van der Waals surface area contributed by atoms with E-state index in [4.69, 9.17) is 11.6 Å². The summed E-state index contributed by atoms with van der Waals surface area (Å²) in [5, 5.41) is 11.1. The van der Waals surface area contributed by atoms with E-state index < -0.39 is 0 Å². The first-order valence-electron chi connectivity index (χ1n) is 7.12. The molecular weight excluding hydrogens is 282 g/mol. The molecule has 0 aliphatic heterocycles. The van der Waals surface area contributed by atoms with Crippen LogP contribution in [0.5, 0.6) is 0 Å². The van der Waals surface area contributed by atoms with E-state index in [-0.39, 0.29) is 0 Å². The van der Waals surface area contributed by atoms with Crippen molar-refractivity contribution in [3.8, 4) is 0 Å². The van der Waals surface area contributed by atoms with Crippen LogP contribution < -0.4 is 5.32 Å². The molecule has 3 rings (SSSR count). The van der Waals surface area contributed by atoms with Gasteiger partial charge in [-0.05, 0) is 29.3 Å². The molecule has 3 aromatic rings. The quantitative estimate of drug-likeness (QED) is 0.774. The zero-order chi connectivity index (χ0) is 14.8. The number of benzene rings is 2. The lowest BCUT2D eigenvalue weighted by Crippen LogP contribution is -2.05. The lowest BCUT2D eigenvalue weighted by molar-refractivity contribution is 0.707. The van der Waals surface area contributed by atoms with Crippen molar-refractivity contribution in [3.63, 3.8) is 0 Å². The maximum Gasteiger partial charge on any atom is 0.0868 e. The van der Waals surface area contributed by atoms with Crippen LogP contribution >= 0.6 is 11.6 Å². The molecule has 0 aliphatic carbocycles. The monoisotopic (exact) mass is 299 g/mol. The van der Waals surface area contributed by atoms with Crippen LogP contribution in [0.15, 0.2) is 42.5 Å². The van der Waals surface area contributed by atoms with Gasteiger partial charge < -0.3 is 5.32 Å². The summed E-state index contributed by atoms with van der Waals surface area (Å²) >= 11 is 6.37. The SMILES string of the molecule is CCc1nn(C)c(CNc2ccc3ccccc3c2)c1Cl. The third kappa shape index (κ3) is 2.74. The zero-order valence-electron chi connectivity index (χ0n) is 12.2. The Bertz CT molecular complexity index is 777. The number of nitrogens with zero attached hydrogens (tertiary/aromatic N) is 2. The number of nitrogens with one attached hydrogen (secondary N) is 1. The summed E-state index contributed by atoms with van der Waals surface area (Å²) in [6.07, 6.45) is 0.850. The maximum absolute atomic E-state index is 6.37. The van der Waals surface area contributed by atoms with Crippen LogP contribution in [0, 0.1) is 0 Å². The molecule has 0 unspecified atom stereocenters. The molecule has 0 saturated heterocycles. The van der Waals surface area contributed by atoms with Crippen LogP contribution in [0.1, 0.15) is 18.3 Å². The number of fused-ring (bicyclic) bond motifs is 1. The average molecular weight is 300 g/mol. The molecular formula is C17H18ClN3. The highest BCUT2D eigenvalue weighted by Crippen LogP contribution is 2.23. The largest absolute Gasteiger partial charge is 0.379 e. The second-order valence-corrected chi connectivity index (χ2v) is 5.48. The summed E-state index contributed by atoms with van der Waals surface area (Å²) in [5.41, 5.74) is 3.06. The summed E-state index contributed by atoms with van der Waals surface area (Å²) in [6.45, 7) is 2.73. The number of aromatic nitrogens is 2. The summed E-state index contributed by atoms with van der Waals surface area (Å²) in [7, 11) is 1.93. The molecule has 21 heavy (non-hydrogen) atoms. The van der Waals surface area contributed by atoms with Crippen molar-refractivity contribution < 1.29 is 0 Å². The van der Waals surface area contributed by atoms with E-state index in [1.54, 1.807) is 0 Å². The first-order valence-corrected chi connectivity index (χ1v) is 7.49. The zero-order valence-corrected chi connectivity index (χ0v) is 13.0. The molecule has 4 heteroatoms. The molecule has 1 N–H and O–H groups in total. The van der Waals surface area contributed by atoms with E-state index in [0.717, 1.165) is 28.5 Å². The van der Waals surface area contributed by atoms with E-state index in [9.17, 15) is 0 Å². The molecule has 1 aromatic heterocycles. The van der Waals surface area contributed by atoms with Crippen LogP contribution in [0.3, 0.4) is 0 Å². The minimum atomic E-state index is 0.667. The van der Waals surface area contributed by atoms with Crippen LogP contribution in [0.25, 0.3) is 10.8 Å². The number of aryl methyl sites for hydroxylation is 2. The molecule has 0 saturated carbocycles. The number of halogens is 1. The van der Waals surface area contributed by atoms with E-state index in [0.29, 0.717) is 6.54 Å².